The van der Waals surface area contributed by atoms with Gasteiger partial charge in [-0.25, -0.2) is 0 Å². The van der Waals surface area contributed by atoms with Crippen molar-refractivity contribution >= 4 is 45.6 Å². The first-order valence-electron chi connectivity index (χ1n) is 5.47. The van der Waals surface area contributed by atoms with Crippen LogP contribution in [0.2, 0.25) is 0 Å². The maximum Gasteiger partial charge on any atom is 0.307 e. The van der Waals surface area contributed by atoms with Crippen molar-refractivity contribution in [2.75, 3.05) is 0 Å². The zero-order chi connectivity index (χ0) is 15.2. The summed E-state index contributed by atoms with van der Waals surface area (Å²) < 4.78 is 0. The molecule has 0 aliphatic carbocycles. The molecular formula is C11H14Cl2O6. The Morgan fingerprint density at radius 3 is 1.74 bits per heavy atom. The van der Waals surface area contributed by atoms with Crippen LogP contribution in [0.15, 0.2) is 0 Å². The van der Waals surface area contributed by atoms with Crippen molar-refractivity contribution in [3.05, 3.63) is 0 Å². The van der Waals surface area contributed by atoms with E-state index in [1.54, 1.807) is 0 Å². The summed E-state index contributed by atoms with van der Waals surface area (Å²) in [7, 11) is 0. The van der Waals surface area contributed by atoms with E-state index in [0.717, 1.165) is 0 Å². The summed E-state index contributed by atoms with van der Waals surface area (Å²) in [5.74, 6) is -5.26. The topological polar surface area (TPSA) is 109 Å². The summed E-state index contributed by atoms with van der Waals surface area (Å²) in [4.78, 5) is 43.4. The Labute approximate surface area is 119 Å². The molecule has 0 aromatic rings. The molecule has 6 nitrogen and oxygen atoms in total. The summed E-state index contributed by atoms with van der Waals surface area (Å²) in [5, 5.41) is 16.3. The van der Waals surface area contributed by atoms with Gasteiger partial charge in [0.25, 0.3) is 0 Å². The number of aliphatic carboxylic acids is 2. The summed E-state index contributed by atoms with van der Waals surface area (Å²) in [6, 6.07) is 0. The second kappa shape index (κ2) is 8.12. The molecule has 0 radical (unpaired) electrons. The minimum Gasteiger partial charge on any atom is -0.481 e. The van der Waals surface area contributed by atoms with Crippen LogP contribution in [-0.4, -0.2) is 32.6 Å². The van der Waals surface area contributed by atoms with E-state index in [2.05, 4.69) is 0 Å². The largest absolute Gasteiger partial charge is 0.481 e. The summed E-state index contributed by atoms with van der Waals surface area (Å²) in [6.45, 7) is 1.49. The average molecular weight is 313 g/mol. The van der Waals surface area contributed by atoms with Crippen molar-refractivity contribution < 1.29 is 29.4 Å². The van der Waals surface area contributed by atoms with Crippen molar-refractivity contribution in [2.45, 2.75) is 26.2 Å². The Balaban J connectivity index is 4.79. The molecule has 0 fully saturated rings. The second-order valence-electron chi connectivity index (χ2n) is 4.31. The van der Waals surface area contributed by atoms with E-state index in [1.165, 1.54) is 6.92 Å². The van der Waals surface area contributed by atoms with E-state index in [0.29, 0.717) is 0 Å². The quantitative estimate of drug-likeness (QED) is 0.627. The lowest BCUT2D eigenvalue weighted by atomic mass is 9.83. The summed E-state index contributed by atoms with van der Waals surface area (Å²) in [6.07, 6.45) is -0.851. The van der Waals surface area contributed by atoms with Gasteiger partial charge >= 0.3 is 11.9 Å². The molecule has 0 rings (SSSR count). The monoisotopic (exact) mass is 312 g/mol. The number of halogens is 2. The van der Waals surface area contributed by atoms with Gasteiger partial charge in [-0.1, -0.05) is 6.92 Å². The fourth-order valence-electron chi connectivity index (χ4n) is 1.78. The molecule has 0 spiro atoms. The van der Waals surface area contributed by atoms with Gasteiger partial charge in [-0.2, -0.15) is 0 Å². The number of hydrogen-bond acceptors (Lipinski definition) is 4. The van der Waals surface area contributed by atoms with Crippen molar-refractivity contribution in [2.24, 2.45) is 17.8 Å². The van der Waals surface area contributed by atoms with Gasteiger partial charge in [0.1, 0.15) is 0 Å². The minimum absolute atomic E-state index is 0.0745. The van der Waals surface area contributed by atoms with Crippen LogP contribution in [0.5, 0.6) is 0 Å². The Morgan fingerprint density at radius 2 is 1.42 bits per heavy atom. The number of hydrogen-bond donors (Lipinski definition) is 2. The highest BCUT2D eigenvalue weighted by molar-refractivity contribution is 6.63. The van der Waals surface area contributed by atoms with E-state index >= 15 is 0 Å². The Hall–Kier alpha value is -1.14. The van der Waals surface area contributed by atoms with Gasteiger partial charge in [-0.3, -0.25) is 19.2 Å². The highest BCUT2D eigenvalue weighted by Crippen LogP contribution is 2.26. The van der Waals surface area contributed by atoms with Crippen LogP contribution in [-0.2, 0) is 19.2 Å². The van der Waals surface area contributed by atoms with Crippen LogP contribution in [0.1, 0.15) is 26.2 Å². The van der Waals surface area contributed by atoms with Crippen molar-refractivity contribution in [3.63, 3.8) is 0 Å². The van der Waals surface area contributed by atoms with E-state index in [1.807, 2.05) is 0 Å². The van der Waals surface area contributed by atoms with Crippen molar-refractivity contribution in [1.82, 2.24) is 0 Å². The highest BCUT2D eigenvalue weighted by Gasteiger charge is 2.31. The smallest absolute Gasteiger partial charge is 0.307 e. The summed E-state index contributed by atoms with van der Waals surface area (Å²) >= 11 is 10.3. The number of carboxylic acids is 2. The van der Waals surface area contributed by atoms with Gasteiger partial charge in [0.15, 0.2) is 0 Å². The third-order valence-electron chi connectivity index (χ3n) is 2.80. The Bertz CT molecular complexity index is 381. The van der Waals surface area contributed by atoms with Gasteiger partial charge in [0.05, 0.1) is 11.8 Å². The molecule has 0 aromatic heterocycles. The standard InChI is InChI=1S/C11H14Cl2O6/c1-5(7(11(18)19)4-9(13)15)2-6(10(16)17)3-8(12)14/h5-7H,2-4H2,1H3,(H,16,17)(H,18,19). The molecule has 0 aromatic carbocycles. The molecule has 19 heavy (non-hydrogen) atoms. The predicted molar refractivity (Wildman–Crippen MR) is 67.0 cm³/mol. The molecule has 8 heteroatoms. The van der Waals surface area contributed by atoms with E-state index in [9.17, 15) is 19.2 Å². The lowest BCUT2D eigenvalue weighted by molar-refractivity contribution is -0.148. The van der Waals surface area contributed by atoms with Gasteiger partial charge in [0, 0.05) is 12.8 Å². The molecule has 3 unspecified atom stereocenters. The first-order valence-corrected chi connectivity index (χ1v) is 6.23. The first-order chi connectivity index (χ1) is 8.65. The molecule has 0 heterocycles. The Morgan fingerprint density at radius 1 is 0.947 bits per heavy atom. The molecule has 0 amide bonds. The molecule has 3 atom stereocenters. The predicted octanol–water partition coefficient (Wildman–Crippen LogP) is 1.73. The first kappa shape index (κ1) is 17.9. The van der Waals surface area contributed by atoms with E-state index < -0.39 is 40.2 Å². The van der Waals surface area contributed by atoms with Crippen LogP contribution in [0.25, 0.3) is 0 Å². The SMILES string of the molecule is CC(CC(CC(=O)Cl)C(=O)O)C(CC(=O)Cl)C(=O)O. The van der Waals surface area contributed by atoms with E-state index in [-0.39, 0.29) is 19.3 Å². The molecule has 0 bridgehead atoms. The summed E-state index contributed by atoms with van der Waals surface area (Å²) in [5.41, 5.74) is 0. The molecule has 0 saturated heterocycles. The number of carboxylic acid groups (broad SMARTS) is 2. The van der Waals surface area contributed by atoms with Gasteiger partial charge in [-0.05, 0) is 35.5 Å². The third-order valence-corrected chi connectivity index (χ3v) is 3.11. The molecule has 0 saturated carbocycles. The maximum atomic E-state index is 11.0. The van der Waals surface area contributed by atoms with Gasteiger partial charge in [0.2, 0.25) is 10.5 Å². The van der Waals surface area contributed by atoms with Crippen LogP contribution in [0.4, 0.5) is 0 Å². The van der Waals surface area contributed by atoms with Gasteiger partial charge < -0.3 is 10.2 Å². The molecule has 108 valence electrons. The van der Waals surface area contributed by atoms with Crippen LogP contribution < -0.4 is 0 Å². The highest BCUT2D eigenvalue weighted by atomic mass is 35.5. The fraction of sp³-hybridized carbons (Fsp3) is 0.636. The van der Waals surface area contributed by atoms with Crippen LogP contribution in [0, 0.1) is 17.8 Å². The van der Waals surface area contributed by atoms with Crippen LogP contribution >= 0.6 is 23.2 Å². The average Bonchev–Trinajstić information content (AvgIpc) is 2.23. The number of rotatable bonds is 9. The van der Waals surface area contributed by atoms with Crippen molar-refractivity contribution in [3.8, 4) is 0 Å². The normalized spacial score (nSPS) is 15.3. The van der Waals surface area contributed by atoms with Gasteiger partial charge in [-0.15, -0.1) is 0 Å². The maximum absolute atomic E-state index is 11.0. The Kier molecular flexibility index (Phi) is 7.63. The molecule has 2 N–H and O–H groups in total. The van der Waals surface area contributed by atoms with E-state index in [4.69, 9.17) is 33.4 Å². The lowest BCUT2D eigenvalue weighted by Gasteiger charge is -2.21. The lowest BCUT2D eigenvalue weighted by Crippen LogP contribution is -2.28. The number of carbonyl (C=O) groups is 4. The molecular weight excluding hydrogens is 299 g/mol. The fourth-order valence-corrected chi connectivity index (χ4v) is 2.14. The molecule has 0 aliphatic rings. The number of carbonyl (C=O) groups excluding carboxylic acids is 2. The zero-order valence-corrected chi connectivity index (χ0v) is 11.6. The molecule has 0 aliphatic heterocycles. The zero-order valence-electron chi connectivity index (χ0n) is 10.1. The third kappa shape index (κ3) is 7.12. The second-order valence-corrected chi connectivity index (χ2v) is 5.15. The van der Waals surface area contributed by atoms with Crippen LogP contribution in [0.3, 0.4) is 0 Å². The van der Waals surface area contributed by atoms with Crippen molar-refractivity contribution in [1.29, 1.82) is 0 Å². The minimum atomic E-state index is -1.23.